The van der Waals surface area contributed by atoms with Crippen LogP contribution in [0.4, 0.5) is 41.2 Å². The number of carbonyl (C=O) groups is 1. The van der Waals surface area contributed by atoms with E-state index in [0.717, 1.165) is 0 Å². The summed E-state index contributed by atoms with van der Waals surface area (Å²) in [5.41, 5.74) is 4.84. The Bertz CT molecular complexity index is 1440. The van der Waals surface area contributed by atoms with Gasteiger partial charge in [0.15, 0.2) is 0 Å². The van der Waals surface area contributed by atoms with E-state index in [1.165, 1.54) is 25.0 Å². The predicted molar refractivity (Wildman–Crippen MR) is 138 cm³/mol. The molecule has 1 aliphatic heterocycles. The Labute approximate surface area is 231 Å². The molecule has 1 unspecified atom stereocenters. The number of ether oxygens (including phenoxy) is 2. The summed E-state index contributed by atoms with van der Waals surface area (Å²) in [7, 11) is 1.37. The second-order valence-electron chi connectivity index (χ2n) is 10.2. The molecular weight excluding hydrogens is 557 g/mol. The molecule has 0 aromatic heterocycles. The van der Waals surface area contributed by atoms with Crippen molar-refractivity contribution in [1.29, 1.82) is 0 Å². The van der Waals surface area contributed by atoms with Crippen LogP contribution in [0.5, 0.6) is 5.75 Å². The van der Waals surface area contributed by atoms with Crippen LogP contribution in [0.25, 0.3) is 11.1 Å². The number of anilines is 1. The average molecular weight is 585 g/mol. The smallest absolute Gasteiger partial charge is 0.416 e. The Morgan fingerprint density at radius 1 is 0.951 bits per heavy atom. The number of amides is 1. The van der Waals surface area contributed by atoms with Crippen LogP contribution in [0.2, 0.25) is 0 Å². The Balaban J connectivity index is 1.75. The van der Waals surface area contributed by atoms with Crippen molar-refractivity contribution in [2.75, 3.05) is 12.8 Å². The first kappa shape index (κ1) is 30.0. The molecule has 5 nitrogen and oxygen atoms in total. The fourth-order valence-electron chi connectivity index (χ4n) is 4.89. The van der Waals surface area contributed by atoms with Crippen LogP contribution in [0.1, 0.15) is 60.6 Å². The Hall–Kier alpha value is -3.96. The summed E-state index contributed by atoms with van der Waals surface area (Å²) < 4.78 is 106. The van der Waals surface area contributed by atoms with Gasteiger partial charge in [-0.2, -0.15) is 26.3 Å². The normalized spacial score (nSPS) is 17.8. The lowest BCUT2D eigenvalue weighted by Crippen LogP contribution is -2.31. The zero-order chi connectivity index (χ0) is 30.4. The third-order valence-corrected chi connectivity index (χ3v) is 7.03. The summed E-state index contributed by atoms with van der Waals surface area (Å²) in [5, 5.41) is 0. The van der Waals surface area contributed by atoms with Gasteiger partial charge in [-0.05, 0) is 71.5 Å². The largest absolute Gasteiger partial charge is 0.496 e. The molecule has 2 N–H and O–H groups in total. The predicted octanol–water partition coefficient (Wildman–Crippen LogP) is 8.33. The van der Waals surface area contributed by atoms with Crippen molar-refractivity contribution in [2.45, 2.75) is 57.7 Å². The van der Waals surface area contributed by atoms with E-state index in [1.807, 2.05) is 13.8 Å². The van der Waals surface area contributed by atoms with Gasteiger partial charge in [0.1, 0.15) is 17.7 Å². The quantitative estimate of drug-likeness (QED) is 0.234. The van der Waals surface area contributed by atoms with Gasteiger partial charge in [0.2, 0.25) is 0 Å². The molecule has 3 aromatic carbocycles. The number of hydrogen-bond acceptors (Lipinski definition) is 4. The molecule has 1 amide bonds. The number of methoxy groups -OCH3 is 1. The fourth-order valence-corrected chi connectivity index (χ4v) is 4.89. The van der Waals surface area contributed by atoms with Crippen LogP contribution in [0.15, 0.2) is 48.5 Å². The standard InChI is InChI=1S/C29H27F7N2O3/c1-14(2)22-11-23(25(40-4)12-24(22)30)21-6-5-20(37)9-17(21)13-38-15(3)26(41-27(38)39)16-7-18(28(31,32)33)10-19(8-16)29(34,35)36/h5-12,14-15,26H,13,37H2,1-4H3/t15-,26?/m0/s1. The van der Waals surface area contributed by atoms with Gasteiger partial charge < -0.3 is 15.2 Å². The van der Waals surface area contributed by atoms with Gasteiger partial charge in [-0.15, -0.1) is 0 Å². The number of halogens is 7. The van der Waals surface area contributed by atoms with E-state index in [9.17, 15) is 35.5 Å². The Morgan fingerprint density at radius 3 is 2.10 bits per heavy atom. The first-order valence-corrected chi connectivity index (χ1v) is 12.5. The van der Waals surface area contributed by atoms with Crippen molar-refractivity contribution < 1.29 is 45.0 Å². The highest BCUT2D eigenvalue weighted by Crippen LogP contribution is 2.42. The van der Waals surface area contributed by atoms with Gasteiger partial charge in [-0.3, -0.25) is 4.90 Å². The van der Waals surface area contributed by atoms with E-state index in [1.54, 1.807) is 24.3 Å². The van der Waals surface area contributed by atoms with E-state index in [0.29, 0.717) is 40.1 Å². The van der Waals surface area contributed by atoms with Crippen LogP contribution in [-0.2, 0) is 23.6 Å². The first-order chi connectivity index (χ1) is 19.0. The molecule has 12 heteroatoms. The average Bonchev–Trinajstić information content (AvgIpc) is 3.15. The van der Waals surface area contributed by atoms with Gasteiger partial charge >= 0.3 is 18.4 Å². The summed E-state index contributed by atoms with van der Waals surface area (Å²) in [4.78, 5) is 14.1. The molecule has 41 heavy (non-hydrogen) atoms. The summed E-state index contributed by atoms with van der Waals surface area (Å²) in [6.45, 7) is 4.95. The van der Waals surface area contributed by atoms with E-state index < -0.39 is 53.1 Å². The van der Waals surface area contributed by atoms with Crippen LogP contribution in [0, 0.1) is 5.82 Å². The SMILES string of the molecule is COc1cc(F)c(C(C)C)cc1-c1ccc(N)cc1CN1C(=O)OC(c2cc(C(F)(F)F)cc(C(F)(F)F)c2)[C@@H]1C. The van der Waals surface area contributed by atoms with Gasteiger partial charge in [-0.25, -0.2) is 9.18 Å². The number of nitrogens with zero attached hydrogens (tertiary/aromatic N) is 1. The van der Waals surface area contributed by atoms with Gasteiger partial charge in [-0.1, -0.05) is 19.9 Å². The van der Waals surface area contributed by atoms with Crippen LogP contribution in [-0.4, -0.2) is 24.1 Å². The Kier molecular flexibility index (Phi) is 7.90. The summed E-state index contributed by atoms with van der Waals surface area (Å²) in [6, 6.07) is 7.89. The molecule has 0 saturated carbocycles. The second-order valence-corrected chi connectivity index (χ2v) is 10.2. The van der Waals surface area contributed by atoms with Crippen LogP contribution >= 0.6 is 0 Å². The van der Waals surface area contributed by atoms with Crippen molar-refractivity contribution in [1.82, 2.24) is 4.90 Å². The topological polar surface area (TPSA) is 64.8 Å². The van der Waals surface area contributed by atoms with Crippen molar-refractivity contribution >= 4 is 11.8 Å². The number of cyclic esters (lactones) is 1. The fraction of sp³-hybridized carbons (Fsp3) is 0.345. The number of nitrogens with two attached hydrogens (primary N) is 1. The highest BCUT2D eigenvalue weighted by molar-refractivity contribution is 5.77. The van der Waals surface area contributed by atoms with Crippen molar-refractivity contribution in [2.24, 2.45) is 0 Å². The minimum absolute atomic E-state index is 0.0171. The molecule has 1 fully saturated rings. The maximum absolute atomic E-state index is 14.7. The third kappa shape index (κ3) is 6.06. The molecule has 0 spiro atoms. The molecule has 4 rings (SSSR count). The maximum Gasteiger partial charge on any atom is 0.416 e. The molecule has 0 radical (unpaired) electrons. The number of benzene rings is 3. The number of carbonyl (C=O) groups excluding carboxylic acids is 1. The summed E-state index contributed by atoms with van der Waals surface area (Å²) in [6.07, 6.45) is -12.5. The molecule has 0 bridgehead atoms. The zero-order valence-corrected chi connectivity index (χ0v) is 22.5. The summed E-state index contributed by atoms with van der Waals surface area (Å²) >= 11 is 0. The second kappa shape index (κ2) is 10.8. The van der Waals surface area contributed by atoms with Crippen LogP contribution in [0.3, 0.4) is 0 Å². The highest BCUT2D eigenvalue weighted by Gasteiger charge is 2.43. The van der Waals surface area contributed by atoms with Gasteiger partial charge in [0, 0.05) is 17.3 Å². The number of alkyl halides is 6. The molecule has 1 aliphatic rings. The molecule has 0 aliphatic carbocycles. The van der Waals surface area contributed by atoms with E-state index in [-0.39, 0.29) is 24.3 Å². The molecule has 1 heterocycles. The van der Waals surface area contributed by atoms with E-state index >= 15 is 0 Å². The lowest BCUT2D eigenvalue weighted by Gasteiger charge is -2.24. The molecule has 2 atom stereocenters. The summed E-state index contributed by atoms with van der Waals surface area (Å²) in [5.74, 6) is -0.409. The van der Waals surface area contributed by atoms with Gasteiger partial charge in [0.25, 0.3) is 0 Å². The molecule has 3 aromatic rings. The molecule has 1 saturated heterocycles. The lowest BCUT2D eigenvalue weighted by molar-refractivity contribution is -0.143. The van der Waals surface area contributed by atoms with E-state index in [4.69, 9.17) is 15.2 Å². The highest BCUT2D eigenvalue weighted by atomic mass is 19.4. The first-order valence-electron chi connectivity index (χ1n) is 12.5. The van der Waals surface area contributed by atoms with Crippen molar-refractivity contribution in [3.63, 3.8) is 0 Å². The lowest BCUT2D eigenvalue weighted by atomic mass is 9.92. The number of hydrogen-bond donors (Lipinski definition) is 1. The third-order valence-electron chi connectivity index (χ3n) is 7.03. The van der Waals surface area contributed by atoms with Crippen molar-refractivity contribution in [3.05, 3.63) is 82.2 Å². The number of rotatable bonds is 6. The van der Waals surface area contributed by atoms with Gasteiger partial charge in [0.05, 0.1) is 30.8 Å². The number of nitrogen functional groups attached to an aromatic ring is 1. The maximum atomic E-state index is 14.7. The molecular formula is C29H27F7N2O3. The van der Waals surface area contributed by atoms with Crippen molar-refractivity contribution in [3.8, 4) is 16.9 Å². The minimum atomic E-state index is -5.05. The monoisotopic (exact) mass is 584 g/mol. The van der Waals surface area contributed by atoms with E-state index in [2.05, 4.69) is 0 Å². The zero-order valence-electron chi connectivity index (χ0n) is 22.5. The minimum Gasteiger partial charge on any atom is -0.496 e. The molecule has 220 valence electrons. The Morgan fingerprint density at radius 2 is 1.56 bits per heavy atom. The van der Waals surface area contributed by atoms with Crippen LogP contribution < -0.4 is 10.5 Å².